The highest BCUT2D eigenvalue weighted by Gasteiger charge is 2.49. The standard InChI is InChI=1S/C14H17NO/c16-13-6-10-15(11-7-13)14(8-9-14)12-4-2-1-3-5-12/h1-5H,6-11H2. The van der Waals surface area contributed by atoms with Gasteiger partial charge in [-0.3, -0.25) is 9.69 Å². The summed E-state index contributed by atoms with van der Waals surface area (Å²) in [5.41, 5.74) is 1.71. The van der Waals surface area contributed by atoms with E-state index in [1.165, 1.54) is 18.4 Å². The molecule has 0 aromatic heterocycles. The first-order valence-electron chi connectivity index (χ1n) is 6.14. The predicted molar refractivity (Wildman–Crippen MR) is 63.2 cm³/mol. The number of likely N-dealkylation sites (tertiary alicyclic amines) is 1. The van der Waals surface area contributed by atoms with Gasteiger partial charge in [0.2, 0.25) is 0 Å². The molecule has 0 radical (unpaired) electrons. The van der Waals surface area contributed by atoms with Crippen molar-refractivity contribution in [2.45, 2.75) is 31.2 Å². The molecule has 0 bridgehead atoms. The van der Waals surface area contributed by atoms with Crippen molar-refractivity contribution in [3.05, 3.63) is 35.9 Å². The van der Waals surface area contributed by atoms with Crippen LogP contribution >= 0.6 is 0 Å². The number of benzene rings is 1. The lowest BCUT2D eigenvalue weighted by Gasteiger charge is -2.34. The van der Waals surface area contributed by atoms with Crippen molar-refractivity contribution in [1.29, 1.82) is 0 Å². The number of piperidine rings is 1. The van der Waals surface area contributed by atoms with Crippen molar-refractivity contribution >= 4 is 5.78 Å². The Morgan fingerprint density at radius 1 is 1.00 bits per heavy atom. The van der Waals surface area contributed by atoms with E-state index >= 15 is 0 Å². The van der Waals surface area contributed by atoms with Crippen molar-refractivity contribution in [1.82, 2.24) is 4.90 Å². The summed E-state index contributed by atoms with van der Waals surface area (Å²) >= 11 is 0. The molecule has 0 spiro atoms. The molecule has 1 aromatic carbocycles. The number of carbonyl (C=O) groups is 1. The summed E-state index contributed by atoms with van der Waals surface area (Å²) in [6.45, 7) is 1.90. The number of nitrogens with zero attached hydrogens (tertiary/aromatic N) is 1. The van der Waals surface area contributed by atoms with Crippen molar-refractivity contribution in [2.75, 3.05) is 13.1 Å². The molecular formula is C14H17NO. The highest BCUT2D eigenvalue weighted by atomic mass is 16.1. The number of hydrogen-bond donors (Lipinski definition) is 0. The molecule has 16 heavy (non-hydrogen) atoms. The molecule has 2 heteroatoms. The van der Waals surface area contributed by atoms with E-state index in [0.29, 0.717) is 5.78 Å². The Balaban J connectivity index is 1.81. The van der Waals surface area contributed by atoms with Gasteiger partial charge in [0.15, 0.2) is 0 Å². The highest BCUT2D eigenvalue weighted by Crippen LogP contribution is 2.51. The van der Waals surface area contributed by atoms with Gasteiger partial charge in [-0.15, -0.1) is 0 Å². The van der Waals surface area contributed by atoms with Gasteiger partial charge < -0.3 is 0 Å². The molecule has 2 aliphatic rings. The Kier molecular flexibility index (Phi) is 2.32. The van der Waals surface area contributed by atoms with Crippen LogP contribution < -0.4 is 0 Å². The summed E-state index contributed by atoms with van der Waals surface area (Å²) in [5.74, 6) is 0.431. The number of Topliss-reactive ketones (excluding diaryl/α,β-unsaturated/α-hetero) is 1. The normalized spacial score (nSPS) is 24.4. The van der Waals surface area contributed by atoms with Crippen molar-refractivity contribution < 1.29 is 4.79 Å². The Hall–Kier alpha value is -1.15. The lowest BCUT2D eigenvalue weighted by atomic mass is 9.99. The predicted octanol–water partition coefficient (Wildman–Crippen LogP) is 2.34. The molecule has 2 fully saturated rings. The first-order chi connectivity index (χ1) is 7.81. The van der Waals surface area contributed by atoms with Crippen LogP contribution in [0.3, 0.4) is 0 Å². The third-order valence-electron chi connectivity index (χ3n) is 3.96. The molecule has 1 aromatic rings. The Morgan fingerprint density at radius 2 is 1.62 bits per heavy atom. The fraction of sp³-hybridized carbons (Fsp3) is 0.500. The van der Waals surface area contributed by atoms with Crippen LogP contribution in [-0.2, 0) is 10.3 Å². The molecule has 3 rings (SSSR count). The lowest BCUT2D eigenvalue weighted by molar-refractivity contribution is -0.122. The summed E-state index contributed by atoms with van der Waals surface area (Å²) in [6.07, 6.45) is 4.00. The topological polar surface area (TPSA) is 20.3 Å². The average molecular weight is 215 g/mol. The second-order valence-corrected chi connectivity index (χ2v) is 4.92. The minimum atomic E-state index is 0.280. The van der Waals surface area contributed by atoms with Crippen LogP contribution in [0.25, 0.3) is 0 Å². The highest BCUT2D eigenvalue weighted by molar-refractivity contribution is 5.79. The molecule has 1 heterocycles. The SMILES string of the molecule is O=C1CCN(C2(c3ccccc3)CC2)CC1. The van der Waals surface area contributed by atoms with Crippen LogP contribution in [0.4, 0.5) is 0 Å². The smallest absolute Gasteiger partial charge is 0.135 e. The largest absolute Gasteiger partial charge is 0.300 e. The second-order valence-electron chi connectivity index (χ2n) is 4.92. The Bertz CT molecular complexity index is 384. The van der Waals surface area contributed by atoms with Gasteiger partial charge >= 0.3 is 0 Å². The zero-order chi connectivity index (χ0) is 11.0. The zero-order valence-electron chi connectivity index (χ0n) is 9.48. The first-order valence-corrected chi connectivity index (χ1v) is 6.14. The summed E-state index contributed by atoms with van der Waals surface area (Å²) < 4.78 is 0. The fourth-order valence-electron chi connectivity index (χ4n) is 2.84. The van der Waals surface area contributed by atoms with Gasteiger partial charge in [0.1, 0.15) is 5.78 Å². The summed E-state index contributed by atoms with van der Waals surface area (Å²) in [4.78, 5) is 13.8. The Labute approximate surface area is 96.3 Å². The average Bonchev–Trinajstić information content (AvgIpc) is 3.13. The van der Waals surface area contributed by atoms with Crippen LogP contribution in [0.5, 0.6) is 0 Å². The molecule has 0 unspecified atom stereocenters. The van der Waals surface area contributed by atoms with Crippen LogP contribution in [0.1, 0.15) is 31.2 Å². The van der Waals surface area contributed by atoms with Gasteiger partial charge in [-0.2, -0.15) is 0 Å². The van der Waals surface area contributed by atoms with Crippen LogP contribution in [-0.4, -0.2) is 23.8 Å². The van der Waals surface area contributed by atoms with E-state index < -0.39 is 0 Å². The monoisotopic (exact) mass is 215 g/mol. The minimum Gasteiger partial charge on any atom is -0.300 e. The number of carbonyl (C=O) groups excluding carboxylic acids is 1. The van der Waals surface area contributed by atoms with Gasteiger partial charge in [-0.1, -0.05) is 30.3 Å². The lowest BCUT2D eigenvalue weighted by Crippen LogP contribution is -2.41. The maximum Gasteiger partial charge on any atom is 0.135 e. The Morgan fingerprint density at radius 3 is 2.19 bits per heavy atom. The molecule has 1 aliphatic carbocycles. The first kappa shape index (κ1) is 10.0. The molecule has 1 saturated carbocycles. The van der Waals surface area contributed by atoms with Crippen molar-refractivity contribution in [3.63, 3.8) is 0 Å². The molecule has 2 nitrogen and oxygen atoms in total. The van der Waals surface area contributed by atoms with E-state index in [4.69, 9.17) is 0 Å². The fourth-order valence-corrected chi connectivity index (χ4v) is 2.84. The van der Waals surface area contributed by atoms with E-state index in [0.717, 1.165) is 25.9 Å². The molecule has 1 aliphatic heterocycles. The van der Waals surface area contributed by atoms with Crippen molar-refractivity contribution in [3.8, 4) is 0 Å². The number of hydrogen-bond acceptors (Lipinski definition) is 2. The van der Waals surface area contributed by atoms with E-state index in [1.54, 1.807) is 0 Å². The third-order valence-corrected chi connectivity index (χ3v) is 3.96. The van der Waals surface area contributed by atoms with E-state index in [2.05, 4.69) is 35.2 Å². The molecule has 84 valence electrons. The van der Waals surface area contributed by atoms with E-state index in [-0.39, 0.29) is 5.54 Å². The molecule has 0 N–H and O–H groups in total. The zero-order valence-corrected chi connectivity index (χ0v) is 9.48. The summed E-state index contributed by atoms with van der Waals surface area (Å²) in [5, 5.41) is 0. The number of ketones is 1. The quantitative estimate of drug-likeness (QED) is 0.754. The maximum atomic E-state index is 11.3. The van der Waals surface area contributed by atoms with Gasteiger partial charge in [0, 0.05) is 31.5 Å². The van der Waals surface area contributed by atoms with Gasteiger partial charge in [0.25, 0.3) is 0 Å². The third kappa shape index (κ3) is 1.57. The summed E-state index contributed by atoms with van der Waals surface area (Å²) in [6, 6.07) is 10.8. The second kappa shape index (κ2) is 3.70. The molecule has 0 amide bonds. The molecule has 1 saturated heterocycles. The van der Waals surface area contributed by atoms with Crippen LogP contribution in [0, 0.1) is 0 Å². The van der Waals surface area contributed by atoms with Gasteiger partial charge in [-0.25, -0.2) is 0 Å². The van der Waals surface area contributed by atoms with Gasteiger partial charge in [0.05, 0.1) is 0 Å². The minimum absolute atomic E-state index is 0.280. The van der Waals surface area contributed by atoms with Gasteiger partial charge in [-0.05, 0) is 18.4 Å². The van der Waals surface area contributed by atoms with Crippen LogP contribution in [0.15, 0.2) is 30.3 Å². The molecule has 0 atom stereocenters. The molecular weight excluding hydrogens is 198 g/mol. The maximum absolute atomic E-state index is 11.3. The van der Waals surface area contributed by atoms with Crippen LogP contribution in [0.2, 0.25) is 0 Å². The van der Waals surface area contributed by atoms with E-state index in [1.807, 2.05) is 0 Å². The van der Waals surface area contributed by atoms with E-state index in [9.17, 15) is 4.79 Å². The van der Waals surface area contributed by atoms with Crippen molar-refractivity contribution in [2.24, 2.45) is 0 Å². The summed E-state index contributed by atoms with van der Waals surface area (Å²) in [7, 11) is 0. The number of rotatable bonds is 2.